The Morgan fingerprint density at radius 3 is 2.25 bits per heavy atom. The topological polar surface area (TPSA) is 37.3 Å². The molecule has 0 fully saturated rings. The van der Waals surface area contributed by atoms with Gasteiger partial charge in [0.2, 0.25) is 0 Å². The summed E-state index contributed by atoms with van der Waals surface area (Å²) in [5.74, 6) is -0.643. The van der Waals surface area contributed by atoms with Crippen LogP contribution in [0.4, 0.5) is 0 Å². The molecule has 0 saturated carbocycles. The van der Waals surface area contributed by atoms with Crippen LogP contribution in [-0.2, 0) is 4.79 Å². The second kappa shape index (κ2) is 4.18. The summed E-state index contributed by atoms with van der Waals surface area (Å²) in [5.41, 5.74) is 0. The number of rotatable bonds is 3. The number of hydrogen-bond acceptors (Lipinski definition) is 1. The molecule has 48 valence electrons. The van der Waals surface area contributed by atoms with Crippen molar-refractivity contribution in [3.05, 3.63) is 0 Å². The van der Waals surface area contributed by atoms with Crippen molar-refractivity contribution in [1.82, 2.24) is 0 Å². The Morgan fingerprint density at radius 1 is 1.62 bits per heavy atom. The maximum atomic E-state index is 9.94. The Balaban J connectivity index is 3.05. The molecule has 0 spiro atoms. The standard InChI is InChI=1S/C3H5O2.2CH3.Sn.H/c1-2-3(4)5;;;;/h1-2H2,(H,4,5);2*1H3;;. The number of hydrogen-bond donors (Lipinski definition) is 1. The van der Waals surface area contributed by atoms with Gasteiger partial charge in [0.25, 0.3) is 0 Å². The molecule has 0 aromatic rings. The van der Waals surface area contributed by atoms with Gasteiger partial charge in [-0.15, -0.1) is 0 Å². The van der Waals surface area contributed by atoms with E-state index in [2.05, 4.69) is 9.88 Å². The first-order valence-electron chi connectivity index (χ1n) is 2.84. The first-order chi connectivity index (χ1) is 3.63. The fourth-order valence-electron chi connectivity index (χ4n) is 0.412. The quantitative estimate of drug-likeness (QED) is 0.723. The molecule has 2 nitrogen and oxygen atoms in total. The van der Waals surface area contributed by atoms with E-state index in [4.69, 9.17) is 5.11 Å². The second-order valence-electron chi connectivity index (χ2n) is 2.33. The summed E-state index contributed by atoms with van der Waals surface area (Å²) < 4.78 is 0.997. The van der Waals surface area contributed by atoms with E-state index in [1.807, 2.05) is 0 Å². The predicted octanol–water partition coefficient (Wildman–Crippen LogP) is 0.948. The van der Waals surface area contributed by atoms with Gasteiger partial charge >= 0.3 is 56.4 Å². The van der Waals surface area contributed by atoms with Gasteiger partial charge in [0.15, 0.2) is 0 Å². The van der Waals surface area contributed by atoms with Crippen molar-refractivity contribution in [3.8, 4) is 0 Å². The van der Waals surface area contributed by atoms with Gasteiger partial charge in [-0.1, -0.05) is 0 Å². The van der Waals surface area contributed by atoms with Crippen LogP contribution in [-0.4, -0.2) is 30.8 Å². The van der Waals surface area contributed by atoms with Gasteiger partial charge in [-0.25, -0.2) is 0 Å². The first-order valence-corrected chi connectivity index (χ1v) is 11.8. The molecule has 0 rings (SSSR count). The van der Waals surface area contributed by atoms with E-state index in [1.165, 1.54) is 0 Å². The van der Waals surface area contributed by atoms with E-state index in [1.54, 1.807) is 0 Å². The van der Waals surface area contributed by atoms with Crippen LogP contribution < -0.4 is 0 Å². The van der Waals surface area contributed by atoms with Crippen LogP contribution in [0, 0.1) is 0 Å². The fraction of sp³-hybridized carbons (Fsp3) is 0.800. The molecule has 8 heavy (non-hydrogen) atoms. The number of carbonyl (C=O) groups is 1. The molecule has 0 aliphatic rings. The summed E-state index contributed by atoms with van der Waals surface area (Å²) in [6.07, 6.45) is 0.397. The first kappa shape index (κ1) is 8.27. The summed E-state index contributed by atoms with van der Waals surface area (Å²) in [6, 6.07) is 0. The van der Waals surface area contributed by atoms with Crippen molar-refractivity contribution in [2.75, 3.05) is 0 Å². The van der Waals surface area contributed by atoms with Gasteiger partial charge in [-0.3, -0.25) is 0 Å². The minimum atomic E-state index is -1.18. The third kappa shape index (κ3) is 6.27. The van der Waals surface area contributed by atoms with Gasteiger partial charge < -0.3 is 0 Å². The Hall–Kier alpha value is 0.269. The molecular formula is C5H12O2Sn. The van der Waals surface area contributed by atoms with Crippen LogP contribution >= 0.6 is 0 Å². The SMILES string of the molecule is [CH3][SnH]([CH3])[CH2]CC(=O)O. The zero-order valence-corrected chi connectivity index (χ0v) is 8.64. The summed E-state index contributed by atoms with van der Waals surface area (Å²) >= 11 is -1.18. The minimum absolute atomic E-state index is 0.397. The van der Waals surface area contributed by atoms with Crippen LogP contribution in [0.25, 0.3) is 0 Å². The van der Waals surface area contributed by atoms with Gasteiger partial charge in [0.1, 0.15) is 0 Å². The molecule has 0 bridgehead atoms. The van der Waals surface area contributed by atoms with Crippen LogP contribution in [0.2, 0.25) is 14.3 Å². The maximum absolute atomic E-state index is 9.94. The van der Waals surface area contributed by atoms with Crippen molar-refractivity contribution in [1.29, 1.82) is 0 Å². The van der Waals surface area contributed by atoms with Crippen molar-refractivity contribution < 1.29 is 9.90 Å². The third-order valence-electron chi connectivity index (χ3n) is 0.936. The van der Waals surface area contributed by atoms with E-state index in [9.17, 15) is 4.79 Å². The summed E-state index contributed by atoms with van der Waals surface area (Å²) in [5, 5.41) is 8.20. The molecular weight excluding hydrogens is 211 g/mol. The molecule has 3 heteroatoms. The van der Waals surface area contributed by atoms with Gasteiger partial charge in [0.05, 0.1) is 0 Å². The van der Waals surface area contributed by atoms with Crippen LogP contribution in [0.1, 0.15) is 6.42 Å². The van der Waals surface area contributed by atoms with Crippen LogP contribution in [0.15, 0.2) is 0 Å². The van der Waals surface area contributed by atoms with E-state index in [0.717, 1.165) is 4.44 Å². The Kier molecular flexibility index (Phi) is 4.32. The Morgan fingerprint density at radius 2 is 2.12 bits per heavy atom. The van der Waals surface area contributed by atoms with E-state index < -0.39 is 25.7 Å². The fourth-order valence-corrected chi connectivity index (χ4v) is 2.76. The van der Waals surface area contributed by atoms with Crippen molar-refractivity contribution in [3.63, 3.8) is 0 Å². The normalized spacial score (nSPS) is 9.88. The van der Waals surface area contributed by atoms with E-state index >= 15 is 0 Å². The number of carboxylic acid groups (broad SMARTS) is 1. The molecule has 0 aromatic heterocycles. The average molecular weight is 223 g/mol. The van der Waals surface area contributed by atoms with E-state index in [0.29, 0.717) is 6.42 Å². The van der Waals surface area contributed by atoms with Crippen LogP contribution in [0.5, 0.6) is 0 Å². The summed E-state index contributed by atoms with van der Waals surface area (Å²) in [6.45, 7) is 0. The molecule has 0 unspecified atom stereocenters. The predicted molar refractivity (Wildman–Crippen MR) is 35.9 cm³/mol. The third-order valence-corrected chi connectivity index (χ3v) is 5.06. The van der Waals surface area contributed by atoms with E-state index in [-0.39, 0.29) is 0 Å². The Labute approximate surface area is 56.6 Å². The molecule has 0 radical (unpaired) electrons. The monoisotopic (exact) mass is 224 g/mol. The zero-order chi connectivity index (χ0) is 6.57. The van der Waals surface area contributed by atoms with Crippen LogP contribution in [0.3, 0.4) is 0 Å². The molecule has 0 aliphatic carbocycles. The molecule has 0 amide bonds. The van der Waals surface area contributed by atoms with Gasteiger partial charge in [-0.2, -0.15) is 0 Å². The summed E-state index contributed by atoms with van der Waals surface area (Å²) in [4.78, 5) is 14.4. The van der Waals surface area contributed by atoms with Crippen molar-refractivity contribution in [2.24, 2.45) is 0 Å². The molecule has 0 heterocycles. The number of aliphatic carboxylic acids is 1. The second-order valence-corrected chi connectivity index (χ2v) is 11.9. The Bertz CT molecular complexity index is 80.5. The molecule has 0 aromatic carbocycles. The van der Waals surface area contributed by atoms with Crippen molar-refractivity contribution >= 4 is 25.7 Å². The molecule has 1 N–H and O–H groups in total. The number of carboxylic acids is 1. The summed E-state index contributed by atoms with van der Waals surface area (Å²) in [7, 11) is 0. The molecule has 0 atom stereocenters. The van der Waals surface area contributed by atoms with Gasteiger partial charge in [-0.05, 0) is 0 Å². The molecule has 0 aliphatic heterocycles. The molecule has 0 saturated heterocycles. The zero-order valence-electron chi connectivity index (χ0n) is 5.35. The average Bonchev–Trinajstić information content (AvgIpc) is 1.61. The van der Waals surface area contributed by atoms with Crippen molar-refractivity contribution in [2.45, 2.75) is 20.7 Å². The van der Waals surface area contributed by atoms with Gasteiger partial charge in [0, 0.05) is 0 Å².